The van der Waals surface area contributed by atoms with Gasteiger partial charge in [-0.2, -0.15) is 0 Å². The molecule has 2 aliphatic carbocycles. The van der Waals surface area contributed by atoms with E-state index in [0.717, 1.165) is 24.8 Å². The van der Waals surface area contributed by atoms with Gasteiger partial charge in [-0.3, -0.25) is 0 Å². The summed E-state index contributed by atoms with van der Waals surface area (Å²) in [5.74, 6) is -0.184. The highest BCUT2D eigenvalue weighted by molar-refractivity contribution is 5.93. The van der Waals surface area contributed by atoms with Gasteiger partial charge in [0.15, 0.2) is 0 Å². The summed E-state index contributed by atoms with van der Waals surface area (Å²) in [6, 6.07) is 0. The number of allylic oxidation sites excluding steroid dienone is 1. The third-order valence-electron chi connectivity index (χ3n) is 6.35. The van der Waals surface area contributed by atoms with Crippen LogP contribution in [0.25, 0.3) is 0 Å². The monoisotopic (exact) mass is 332 g/mol. The SMILES string of the molecule is C=C1CC(O)C2C(C)(C)CCCC2(C)C1C=CC1=CC(O)OC1=O. The minimum atomic E-state index is -1.15. The molecule has 24 heavy (non-hydrogen) atoms. The van der Waals surface area contributed by atoms with Crippen LogP contribution < -0.4 is 0 Å². The normalized spacial score (nSPS) is 42.0. The van der Waals surface area contributed by atoms with Crippen molar-refractivity contribution in [3.63, 3.8) is 0 Å². The summed E-state index contributed by atoms with van der Waals surface area (Å²) in [5.41, 5.74) is 1.41. The first-order chi connectivity index (χ1) is 11.1. The predicted molar refractivity (Wildman–Crippen MR) is 91.8 cm³/mol. The molecule has 0 aromatic rings. The Hall–Kier alpha value is -1.39. The van der Waals surface area contributed by atoms with Crippen molar-refractivity contribution in [2.75, 3.05) is 0 Å². The van der Waals surface area contributed by atoms with E-state index in [1.807, 2.05) is 6.08 Å². The fourth-order valence-corrected chi connectivity index (χ4v) is 5.53. The van der Waals surface area contributed by atoms with Crippen LogP contribution in [-0.4, -0.2) is 28.6 Å². The lowest BCUT2D eigenvalue weighted by atomic mass is 9.47. The molecule has 5 atom stereocenters. The second-order valence-corrected chi connectivity index (χ2v) is 8.51. The summed E-state index contributed by atoms with van der Waals surface area (Å²) in [7, 11) is 0. The first kappa shape index (κ1) is 17.4. The number of carbonyl (C=O) groups excluding carboxylic acids is 1. The van der Waals surface area contributed by atoms with Crippen LogP contribution >= 0.6 is 0 Å². The van der Waals surface area contributed by atoms with Crippen molar-refractivity contribution < 1.29 is 19.7 Å². The fourth-order valence-electron chi connectivity index (χ4n) is 5.53. The first-order valence-corrected chi connectivity index (χ1v) is 8.80. The Bertz CT molecular complexity index is 615. The molecule has 4 heteroatoms. The van der Waals surface area contributed by atoms with Gasteiger partial charge in [0, 0.05) is 5.92 Å². The van der Waals surface area contributed by atoms with Gasteiger partial charge in [0.05, 0.1) is 11.7 Å². The van der Waals surface area contributed by atoms with Gasteiger partial charge in [0.25, 0.3) is 0 Å². The third-order valence-corrected chi connectivity index (χ3v) is 6.35. The Balaban J connectivity index is 1.93. The standard InChI is InChI=1S/C20H28O4/c1-12-10-15(21)17-19(2,3)8-5-9-20(17,4)14(12)7-6-13-11-16(22)24-18(13)23/h6-7,11,14-17,21-22H,1,5,8-10H2,2-4H3. The zero-order valence-corrected chi connectivity index (χ0v) is 14.8. The molecule has 5 unspecified atom stereocenters. The van der Waals surface area contributed by atoms with E-state index < -0.39 is 12.3 Å². The van der Waals surface area contributed by atoms with Gasteiger partial charge in [-0.15, -0.1) is 0 Å². The van der Waals surface area contributed by atoms with Gasteiger partial charge in [-0.05, 0) is 42.1 Å². The Kier molecular flexibility index (Phi) is 4.25. The molecule has 2 N–H and O–H groups in total. The summed E-state index contributed by atoms with van der Waals surface area (Å²) >= 11 is 0. The third kappa shape index (κ3) is 2.76. The molecule has 0 aromatic carbocycles. The molecule has 132 valence electrons. The van der Waals surface area contributed by atoms with Crippen LogP contribution in [0.2, 0.25) is 0 Å². The number of carbonyl (C=O) groups is 1. The van der Waals surface area contributed by atoms with Crippen molar-refractivity contribution in [3.8, 4) is 0 Å². The Morgan fingerprint density at radius 3 is 2.62 bits per heavy atom. The van der Waals surface area contributed by atoms with E-state index in [2.05, 4.69) is 27.4 Å². The predicted octanol–water partition coefficient (Wildman–Crippen LogP) is 3.11. The molecule has 0 aromatic heterocycles. The van der Waals surface area contributed by atoms with Gasteiger partial charge >= 0.3 is 5.97 Å². The summed E-state index contributed by atoms with van der Waals surface area (Å²) < 4.78 is 4.73. The number of ether oxygens (including phenoxy) is 1. The molecule has 2 fully saturated rings. The summed E-state index contributed by atoms with van der Waals surface area (Å²) in [4.78, 5) is 11.7. The van der Waals surface area contributed by atoms with Gasteiger partial charge < -0.3 is 14.9 Å². The minimum absolute atomic E-state index is 0.0747. The minimum Gasteiger partial charge on any atom is -0.429 e. The summed E-state index contributed by atoms with van der Waals surface area (Å²) in [6.45, 7) is 11.0. The number of rotatable bonds is 2. The first-order valence-electron chi connectivity index (χ1n) is 8.80. The molecule has 0 radical (unpaired) electrons. The number of fused-ring (bicyclic) bond motifs is 1. The summed E-state index contributed by atoms with van der Waals surface area (Å²) in [5, 5.41) is 20.1. The molecule has 3 aliphatic rings. The van der Waals surface area contributed by atoms with E-state index in [0.29, 0.717) is 12.0 Å². The van der Waals surface area contributed by atoms with Gasteiger partial charge in [-0.1, -0.05) is 51.5 Å². The highest BCUT2D eigenvalue weighted by Crippen LogP contribution is 2.61. The van der Waals surface area contributed by atoms with Crippen LogP contribution in [0.4, 0.5) is 0 Å². The average Bonchev–Trinajstić information content (AvgIpc) is 2.74. The quantitative estimate of drug-likeness (QED) is 0.602. The van der Waals surface area contributed by atoms with E-state index in [4.69, 9.17) is 4.74 Å². The Morgan fingerprint density at radius 1 is 1.29 bits per heavy atom. The number of cyclic esters (lactones) is 1. The topological polar surface area (TPSA) is 66.8 Å². The Labute approximate surface area is 143 Å². The van der Waals surface area contributed by atoms with Crippen molar-refractivity contribution in [2.24, 2.45) is 22.7 Å². The van der Waals surface area contributed by atoms with Gasteiger partial charge in [-0.25, -0.2) is 4.79 Å². The van der Waals surface area contributed by atoms with Crippen molar-refractivity contribution >= 4 is 5.97 Å². The molecule has 0 saturated heterocycles. The average molecular weight is 332 g/mol. The van der Waals surface area contributed by atoms with Crippen LogP contribution in [0.1, 0.15) is 46.5 Å². The molecular weight excluding hydrogens is 304 g/mol. The lowest BCUT2D eigenvalue weighted by Crippen LogP contribution is -2.55. The van der Waals surface area contributed by atoms with E-state index in [-0.39, 0.29) is 28.8 Å². The van der Waals surface area contributed by atoms with Crippen LogP contribution in [0.15, 0.2) is 36.0 Å². The lowest BCUT2D eigenvalue weighted by molar-refractivity contribution is -0.150. The number of hydrogen-bond donors (Lipinski definition) is 2. The lowest BCUT2D eigenvalue weighted by Gasteiger charge is -2.59. The van der Waals surface area contributed by atoms with Crippen molar-refractivity contribution in [3.05, 3.63) is 36.0 Å². The highest BCUT2D eigenvalue weighted by Gasteiger charge is 2.55. The highest BCUT2D eigenvalue weighted by atomic mass is 16.6. The zero-order chi connectivity index (χ0) is 17.7. The fraction of sp³-hybridized carbons (Fsp3) is 0.650. The van der Waals surface area contributed by atoms with Crippen LogP contribution in [0, 0.1) is 22.7 Å². The molecule has 3 rings (SSSR count). The molecule has 0 amide bonds. The maximum Gasteiger partial charge on any atom is 0.340 e. The van der Waals surface area contributed by atoms with Crippen LogP contribution in [0.3, 0.4) is 0 Å². The molecule has 0 bridgehead atoms. The number of hydrogen-bond acceptors (Lipinski definition) is 4. The van der Waals surface area contributed by atoms with Crippen molar-refractivity contribution in [1.82, 2.24) is 0 Å². The second-order valence-electron chi connectivity index (χ2n) is 8.51. The smallest absolute Gasteiger partial charge is 0.340 e. The van der Waals surface area contributed by atoms with E-state index in [1.165, 1.54) is 6.08 Å². The van der Waals surface area contributed by atoms with E-state index in [9.17, 15) is 15.0 Å². The molecule has 4 nitrogen and oxygen atoms in total. The molecule has 0 spiro atoms. The molecule has 1 aliphatic heterocycles. The van der Waals surface area contributed by atoms with E-state index in [1.54, 1.807) is 6.08 Å². The second kappa shape index (κ2) is 5.85. The molecular formula is C20H28O4. The maximum absolute atomic E-state index is 11.7. The van der Waals surface area contributed by atoms with Gasteiger partial charge in [0.1, 0.15) is 0 Å². The summed E-state index contributed by atoms with van der Waals surface area (Å²) in [6.07, 6.45) is 7.58. The van der Waals surface area contributed by atoms with Crippen LogP contribution in [0.5, 0.6) is 0 Å². The van der Waals surface area contributed by atoms with Gasteiger partial charge in [0.2, 0.25) is 6.29 Å². The zero-order valence-electron chi connectivity index (χ0n) is 14.8. The van der Waals surface area contributed by atoms with Crippen molar-refractivity contribution in [2.45, 2.75) is 58.8 Å². The van der Waals surface area contributed by atoms with Crippen molar-refractivity contribution in [1.29, 1.82) is 0 Å². The molecule has 2 saturated carbocycles. The largest absolute Gasteiger partial charge is 0.429 e. The maximum atomic E-state index is 11.7. The number of esters is 1. The molecule has 1 heterocycles. The van der Waals surface area contributed by atoms with Crippen LogP contribution in [-0.2, 0) is 9.53 Å². The number of aliphatic hydroxyl groups excluding tert-OH is 2. The Morgan fingerprint density at radius 2 is 2.00 bits per heavy atom. The number of aliphatic hydroxyl groups is 2. The van der Waals surface area contributed by atoms with E-state index >= 15 is 0 Å².